The van der Waals surface area contributed by atoms with Gasteiger partial charge >= 0.3 is 16.2 Å². The number of hydrogen-bond acceptors (Lipinski definition) is 4. The Labute approximate surface area is 101 Å². The average molecular weight is 260 g/mol. The maximum atomic E-state index is 11.6. The molecular weight excluding hydrogens is 244 g/mol. The van der Waals surface area contributed by atoms with Crippen LogP contribution in [0.2, 0.25) is 0 Å². The molecule has 0 saturated heterocycles. The predicted molar refractivity (Wildman–Crippen MR) is 63.7 cm³/mol. The molecule has 1 heterocycles. The fourth-order valence-corrected chi connectivity index (χ4v) is 2.03. The third-order valence-electron chi connectivity index (χ3n) is 2.27. The first-order valence-corrected chi connectivity index (χ1v) is 6.72. The molecule has 0 amide bonds. The molecule has 0 spiro atoms. The molecule has 0 N–H and O–H groups in total. The van der Waals surface area contributed by atoms with Gasteiger partial charge in [-0.1, -0.05) is 13.3 Å². The van der Waals surface area contributed by atoms with Crippen LogP contribution in [0.1, 0.15) is 26.7 Å². The second-order valence-electron chi connectivity index (χ2n) is 3.70. The zero-order valence-electron chi connectivity index (χ0n) is 10.1. The second kappa shape index (κ2) is 5.31. The molecule has 1 aliphatic rings. The predicted octanol–water partition coefficient (Wildman–Crippen LogP) is 0.865. The van der Waals surface area contributed by atoms with Gasteiger partial charge in [0.15, 0.2) is 0 Å². The number of carbonyl (C=O) groups excluding carboxylic acids is 1. The van der Waals surface area contributed by atoms with E-state index in [1.807, 2.05) is 6.92 Å². The lowest BCUT2D eigenvalue weighted by Crippen LogP contribution is -2.29. The number of esters is 1. The maximum absolute atomic E-state index is 11.6. The van der Waals surface area contributed by atoms with Gasteiger partial charge in [0, 0.05) is 13.2 Å². The van der Waals surface area contributed by atoms with Crippen molar-refractivity contribution in [2.45, 2.75) is 26.7 Å². The van der Waals surface area contributed by atoms with Gasteiger partial charge in [-0.3, -0.25) is 4.31 Å². The van der Waals surface area contributed by atoms with Gasteiger partial charge in [-0.2, -0.15) is 8.42 Å². The first-order chi connectivity index (χ1) is 7.88. The molecule has 0 fully saturated rings. The highest BCUT2D eigenvalue weighted by molar-refractivity contribution is 7.88. The molecule has 0 radical (unpaired) electrons. The molecule has 0 saturated carbocycles. The molecule has 0 aromatic heterocycles. The molecule has 1 rings (SSSR count). The zero-order chi connectivity index (χ0) is 13.1. The summed E-state index contributed by atoms with van der Waals surface area (Å²) in [6.45, 7) is 3.79. The van der Waals surface area contributed by atoms with E-state index in [0.717, 1.165) is 17.1 Å². The van der Waals surface area contributed by atoms with Crippen LogP contribution in [0, 0.1) is 0 Å². The third kappa shape index (κ3) is 3.29. The zero-order valence-corrected chi connectivity index (χ0v) is 11.0. The standard InChI is InChI=1S/C10H16N2O4S/c1-4-5-6-16-10(13)9-7-12(3)17(14,15)11-8(9)2/h7H,4-6H2,1-3H3. The molecule has 0 aromatic rings. The van der Waals surface area contributed by atoms with Crippen molar-refractivity contribution in [3.63, 3.8) is 0 Å². The molecule has 0 atom stereocenters. The molecule has 0 aliphatic carbocycles. The van der Waals surface area contributed by atoms with E-state index >= 15 is 0 Å². The number of carbonyl (C=O) groups is 1. The minimum absolute atomic E-state index is 0.157. The smallest absolute Gasteiger partial charge is 0.344 e. The number of rotatable bonds is 4. The highest BCUT2D eigenvalue weighted by atomic mass is 32.2. The van der Waals surface area contributed by atoms with E-state index in [1.54, 1.807) is 0 Å². The van der Waals surface area contributed by atoms with Crippen molar-refractivity contribution in [2.75, 3.05) is 13.7 Å². The summed E-state index contributed by atoms with van der Waals surface area (Å²) in [5.74, 6) is -0.540. The van der Waals surface area contributed by atoms with E-state index in [1.165, 1.54) is 20.2 Å². The monoisotopic (exact) mass is 260 g/mol. The van der Waals surface area contributed by atoms with Crippen molar-refractivity contribution in [1.29, 1.82) is 0 Å². The van der Waals surface area contributed by atoms with Gasteiger partial charge in [0.05, 0.1) is 17.9 Å². The Balaban J connectivity index is 2.79. The van der Waals surface area contributed by atoms with Crippen molar-refractivity contribution in [3.8, 4) is 0 Å². The summed E-state index contributed by atoms with van der Waals surface area (Å²) in [6.07, 6.45) is 2.93. The Hall–Kier alpha value is -1.37. The summed E-state index contributed by atoms with van der Waals surface area (Å²) in [5, 5.41) is 0. The van der Waals surface area contributed by atoms with E-state index in [4.69, 9.17) is 4.74 Å². The summed E-state index contributed by atoms with van der Waals surface area (Å²) in [6, 6.07) is 0. The normalized spacial score (nSPS) is 18.4. The number of hydrogen-bond donors (Lipinski definition) is 0. The van der Waals surface area contributed by atoms with Crippen LogP contribution in [0.3, 0.4) is 0 Å². The lowest BCUT2D eigenvalue weighted by atomic mass is 10.2. The van der Waals surface area contributed by atoms with Crippen LogP contribution in [-0.4, -0.2) is 38.1 Å². The summed E-state index contributed by atoms with van der Waals surface area (Å²) >= 11 is 0. The van der Waals surface area contributed by atoms with Crippen LogP contribution in [0.15, 0.2) is 16.2 Å². The fourth-order valence-electron chi connectivity index (χ4n) is 1.22. The molecule has 96 valence electrons. The molecule has 1 aliphatic heterocycles. The van der Waals surface area contributed by atoms with Crippen molar-refractivity contribution >= 4 is 21.9 Å². The highest BCUT2D eigenvalue weighted by Gasteiger charge is 2.26. The number of nitrogens with zero attached hydrogens (tertiary/aromatic N) is 2. The van der Waals surface area contributed by atoms with Crippen LogP contribution < -0.4 is 0 Å². The lowest BCUT2D eigenvalue weighted by molar-refractivity contribution is -0.138. The first kappa shape index (κ1) is 13.7. The Bertz CT molecular complexity index is 465. The Morgan fingerprint density at radius 1 is 1.53 bits per heavy atom. The fraction of sp³-hybridized carbons (Fsp3) is 0.600. The molecule has 0 bridgehead atoms. The van der Waals surface area contributed by atoms with Gasteiger partial charge in [-0.15, -0.1) is 4.40 Å². The van der Waals surface area contributed by atoms with Crippen molar-refractivity contribution in [3.05, 3.63) is 11.8 Å². The van der Waals surface area contributed by atoms with Gasteiger partial charge in [0.1, 0.15) is 0 Å². The van der Waals surface area contributed by atoms with Gasteiger partial charge < -0.3 is 4.74 Å². The van der Waals surface area contributed by atoms with Crippen molar-refractivity contribution < 1.29 is 17.9 Å². The van der Waals surface area contributed by atoms with Crippen LogP contribution in [-0.2, 0) is 19.7 Å². The van der Waals surface area contributed by atoms with Crippen molar-refractivity contribution in [2.24, 2.45) is 4.40 Å². The second-order valence-corrected chi connectivity index (χ2v) is 5.36. The van der Waals surface area contributed by atoms with Gasteiger partial charge in [-0.25, -0.2) is 4.79 Å². The summed E-state index contributed by atoms with van der Waals surface area (Å²) in [7, 11) is -2.34. The minimum Gasteiger partial charge on any atom is -0.462 e. The summed E-state index contributed by atoms with van der Waals surface area (Å²) in [4.78, 5) is 11.6. The molecule has 6 nitrogen and oxygen atoms in total. The lowest BCUT2D eigenvalue weighted by Gasteiger charge is -2.19. The van der Waals surface area contributed by atoms with Crippen LogP contribution in [0.25, 0.3) is 0 Å². The van der Waals surface area contributed by atoms with Crippen LogP contribution in [0.4, 0.5) is 0 Å². The Morgan fingerprint density at radius 2 is 2.18 bits per heavy atom. The van der Waals surface area contributed by atoms with E-state index in [-0.39, 0.29) is 11.3 Å². The van der Waals surface area contributed by atoms with E-state index in [0.29, 0.717) is 6.61 Å². The Morgan fingerprint density at radius 3 is 2.76 bits per heavy atom. The molecule has 7 heteroatoms. The van der Waals surface area contributed by atoms with Crippen molar-refractivity contribution in [1.82, 2.24) is 4.31 Å². The van der Waals surface area contributed by atoms with E-state index in [9.17, 15) is 13.2 Å². The van der Waals surface area contributed by atoms with Gasteiger partial charge in [0.25, 0.3) is 0 Å². The SMILES string of the molecule is CCCCOC(=O)C1=CN(C)S(=O)(=O)N=C1C. The number of unbranched alkanes of at least 4 members (excludes halogenated alkanes) is 1. The average Bonchev–Trinajstić information content (AvgIpc) is 2.23. The molecule has 17 heavy (non-hydrogen) atoms. The molecular formula is C10H16N2O4S. The topological polar surface area (TPSA) is 76.0 Å². The largest absolute Gasteiger partial charge is 0.462 e. The maximum Gasteiger partial charge on any atom is 0.344 e. The summed E-state index contributed by atoms with van der Waals surface area (Å²) < 4.78 is 32.1. The highest BCUT2D eigenvalue weighted by Crippen LogP contribution is 2.15. The molecule has 0 unspecified atom stereocenters. The summed E-state index contributed by atoms with van der Waals surface area (Å²) in [5.41, 5.74) is 0.336. The van der Waals surface area contributed by atoms with Crippen LogP contribution >= 0.6 is 0 Å². The third-order valence-corrected chi connectivity index (χ3v) is 3.61. The quantitative estimate of drug-likeness (QED) is 0.555. The minimum atomic E-state index is -3.67. The molecule has 0 aromatic carbocycles. The van der Waals surface area contributed by atoms with Crippen LogP contribution in [0.5, 0.6) is 0 Å². The Kier molecular flexibility index (Phi) is 4.28. The van der Waals surface area contributed by atoms with Gasteiger partial charge in [-0.05, 0) is 13.3 Å². The van der Waals surface area contributed by atoms with E-state index in [2.05, 4.69) is 4.40 Å². The van der Waals surface area contributed by atoms with E-state index < -0.39 is 16.2 Å². The van der Waals surface area contributed by atoms with Gasteiger partial charge in [0.2, 0.25) is 0 Å². The number of ether oxygens (including phenoxy) is 1. The first-order valence-electron chi connectivity index (χ1n) is 5.32.